The molecule has 0 N–H and O–H groups in total. The molecule has 2 rings (SSSR count). The topological polar surface area (TPSA) is 61.2 Å². The van der Waals surface area contributed by atoms with Crippen molar-refractivity contribution >= 4 is 11.7 Å². The fourth-order valence-electron chi connectivity index (χ4n) is 2.39. The Labute approximate surface area is 121 Å². The predicted octanol–water partition coefficient (Wildman–Crippen LogP) is 2.30. The number of Topliss-reactive ketones (excluding diaryl/α,β-unsaturated/α-hetero) is 1. The molecule has 1 atom stereocenters. The van der Waals surface area contributed by atoms with Gasteiger partial charge in [-0.05, 0) is 31.4 Å². The van der Waals surface area contributed by atoms with Gasteiger partial charge in [0, 0.05) is 24.7 Å². The molecule has 0 saturated carbocycles. The van der Waals surface area contributed by atoms with Gasteiger partial charge in [0.15, 0.2) is 11.7 Å². The Morgan fingerprint density at radius 2 is 1.67 bits per heavy atom. The van der Waals surface area contributed by atoms with Gasteiger partial charge in [-0.2, -0.15) is 5.26 Å². The van der Waals surface area contributed by atoms with Crippen LogP contribution in [0.3, 0.4) is 0 Å². The van der Waals surface area contributed by atoms with Gasteiger partial charge in [0.25, 0.3) is 0 Å². The van der Waals surface area contributed by atoms with Gasteiger partial charge in [-0.3, -0.25) is 9.59 Å². The zero-order valence-corrected chi connectivity index (χ0v) is 11.3. The van der Waals surface area contributed by atoms with Gasteiger partial charge in [0.05, 0.1) is 6.07 Å². The summed E-state index contributed by atoms with van der Waals surface area (Å²) in [7, 11) is 0. The van der Waals surface area contributed by atoms with Crippen molar-refractivity contribution in [1.29, 1.82) is 5.26 Å². The van der Waals surface area contributed by atoms with Crippen LogP contribution in [0.25, 0.3) is 0 Å². The molecule has 4 nitrogen and oxygen atoms in total. The Hall–Kier alpha value is -2.29. The molecule has 0 aliphatic carbocycles. The average molecular weight is 292 g/mol. The Balaban J connectivity index is 2.22. The van der Waals surface area contributed by atoms with Crippen LogP contribution in [0, 0.1) is 28.9 Å². The predicted molar refractivity (Wildman–Crippen MR) is 70.2 cm³/mol. The number of hydrogen-bond donors (Lipinski definition) is 0. The van der Waals surface area contributed by atoms with Crippen LogP contribution in [0.2, 0.25) is 0 Å². The maximum atomic E-state index is 13.1. The first-order chi connectivity index (χ1) is 10.0. The number of hydrogen-bond acceptors (Lipinski definition) is 3. The van der Waals surface area contributed by atoms with E-state index in [-0.39, 0.29) is 5.56 Å². The lowest BCUT2D eigenvalue weighted by Crippen LogP contribution is -2.41. The van der Waals surface area contributed by atoms with Crippen molar-refractivity contribution in [2.24, 2.45) is 5.92 Å². The molecule has 1 amide bonds. The van der Waals surface area contributed by atoms with Gasteiger partial charge in [0.1, 0.15) is 11.6 Å². The maximum absolute atomic E-state index is 13.1. The van der Waals surface area contributed by atoms with Crippen molar-refractivity contribution in [2.75, 3.05) is 13.1 Å². The lowest BCUT2D eigenvalue weighted by molar-refractivity contribution is -0.133. The van der Waals surface area contributed by atoms with E-state index in [2.05, 4.69) is 0 Å². The van der Waals surface area contributed by atoms with Crippen LogP contribution < -0.4 is 0 Å². The normalized spacial score (nSPS) is 16.1. The second kappa shape index (κ2) is 6.44. The molecule has 1 saturated heterocycles. The summed E-state index contributed by atoms with van der Waals surface area (Å²) in [6.07, 6.45) is 2.66. The molecule has 6 heteroatoms. The van der Waals surface area contributed by atoms with E-state index in [1.807, 2.05) is 0 Å². The Morgan fingerprint density at radius 1 is 1.10 bits per heavy atom. The first-order valence-electron chi connectivity index (χ1n) is 6.71. The summed E-state index contributed by atoms with van der Waals surface area (Å²) < 4.78 is 26.3. The number of ketones is 1. The number of benzene rings is 1. The molecule has 1 aliphatic rings. The van der Waals surface area contributed by atoms with E-state index < -0.39 is 29.2 Å². The Bertz CT molecular complexity index is 584. The highest BCUT2D eigenvalue weighted by Gasteiger charge is 2.32. The van der Waals surface area contributed by atoms with E-state index >= 15 is 0 Å². The van der Waals surface area contributed by atoms with Crippen LogP contribution in [0.5, 0.6) is 0 Å². The highest BCUT2D eigenvalue weighted by Crippen LogP contribution is 2.17. The fraction of sp³-hybridized carbons (Fsp3) is 0.400. The van der Waals surface area contributed by atoms with Crippen molar-refractivity contribution in [1.82, 2.24) is 4.90 Å². The third kappa shape index (κ3) is 3.43. The maximum Gasteiger partial charge on any atom is 0.247 e. The van der Waals surface area contributed by atoms with Crippen LogP contribution >= 0.6 is 0 Å². The molecule has 21 heavy (non-hydrogen) atoms. The van der Waals surface area contributed by atoms with E-state index in [4.69, 9.17) is 5.26 Å². The summed E-state index contributed by atoms with van der Waals surface area (Å²) in [4.78, 5) is 25.8. The van der Waals surface area contributed by atoms with Crippen molar-refractivity contribution in [2.45, 2.75) is 19.3 Å². The van der Waals surface area contributed by atoms with Gasteiger partial charge < -0.3 is 4.90 Å². The van der Waals surface area contributed by atoms with Crippen LogP contribution in [0.4, 0.5) is 8.78 Å². The molecule has 110 valence electrons. The molecule has 1 aliphatic heterocycles. The number of piperidine rings is 1. The quantitative estimate of drug-likeness (QED) is 0.634. The third-order valence-electron chi connectivity index (χ3n) is 3.45. The number of carbonyl (C=O) groups excluding carboxylic acids is 2. The highest BCUT2D eigenvalue weighted by molar-refractivity contribution is 6.12. The summed E-state index contributed by atoms with van der Waals surface area (Å²) in [5.74, 6) is -4.84. The minimum Gasteiger partial charge on any atom is -0.341 e. The molecule has 1 aromatic rings. The molecule has 0 aromatic heterocycles. The number of rotatable bonds is 3. The Kier molecular flexibility index (Phi) is 4.63. The first-order valence-corrected chi connectivity index (χ1v) is 6.71. The fourth-order valence-corrected chi connectivity index (χ4v) is 2.39. The summed E-state index contributed by atoms with van der Waals surface area (Å²) in [5.41, 5.74) is -0.301. The second-order valence-corrected chi connectivity index (χ2v) is 4.97. The third-order valence-corrected chi connectivity index (χ3v) is 3.45. The summed E-state index contributed by atoms with van der Waals surface area (Å²) in [6, 6.07) is 3.95. The minimum atomic E-state index is -1.55. The lowest BCUT2D eigenvalue weighted by atomic mass is 9.96. The van der Waals surface area contributed by atoms with E-state index in [0.29, 0.717) is 19.2 Å². The molecule has 0 spiro atoms. The van der Waals surface area contributed by atoms with Gasteiger partial charge >= 0.3 is 0 Å². The molecular weight excluding hydrogens is 278 g/mol. The van der Waals surface area contributed by atoms with Crippen molar-refractivity contribution in [3.05, 3.63) is 35.4 Å². The molecule has 1 heterocycles. The van der Waals surface area contributed by atoms with Crippen molar-refractivity contribution in [3.63, 3.8) is 0 Å². The summed E-state index contributed by atoms with van der Waals surface area (Å²) in [6.45, 7) is 1.00. The van der Waals surface area contributed by atoms with Crippen LogP contribution in [-0.2, 0) is 4.79 Å². The lowest BCUT2D eigenvalue weighted by Gasteiger charge is -2.28. The minimum absolute atomic E-state index is 0.301. The molecule has 0 bridgehead atoms. The average Bonchev–Trinajstić information content (AvgIpc) is 2.47. The van der Waals surface area contributed by atoms with Gasteiger partial charge in [-0.15, -0.1) is 0 Å². The number of carbonyl (C=O) groups is 2. The van der Waals surface area contributed by atoms with Crippen LogP contribution in [-0.4, -0.2) is 29.7 Å². The standard InChI is InChI=1S/C15H14F2N2O2/c16-11-6-10(7-12(17)8-11)14(20)13(9-18)15(21)19-4-2-1-3-5-19/h6-8,13H,1-5H2/t13-/m0/s1. The zero-order chi connectivity index (χ0) is 15.4. The van der Waals surface area contributed by atoms with Gasteiger partial charge in [0.2, 0.25) is 5.91 Å². The van der Waals surface area contributed by atoms with Gasteiger partial charge in [-0.1, -0.05) is 0 Å². The number of amides is 1. The van der Waals surface area contributed by atoms with E-state index in [1.165, 1.54) is 4.90 Å². The number of nitrogens with zero attached hydrogens (tertiary/aromatic N) is 2. The highest BCUT2D eigenvalue weighted by atomic mass is 19.1. The van der Waals surface area contributed by atoms with Crippen molar-refractivity contribution in [3.8, 4) is 6.07 Å². The number of halogens is 2. The largest absolute Gasteiger partial charge is 0.341 e. The van der Waals surface area contributed by atoms with Gasteiger partial charge in [-0.25, -0.2) is 8.78 Å². The number of nitriles is 1. The molecule has 1 fully saturated rings. The number of likely N-dealkylation sites (tertiary alicyclic amines) is 1. The zero-order valence-electron chi connectivity index (χ0n) is 11.3. The van der Waals surface area contributed by atoms with Crippen LogP contribution in [0.15, 0.2) is 18.2 Å². The second-order valence-electron chi connectivity index (χ2n) is 4.97. The molecule has 1 aromatic carbocycles. The van der Waals surface area contributed by atoms with E-state index in [9.17, 15) is 18.4 Å². The van der Waals surface area contributed by atoms with E-state index in [1.54, 1.807) is 6.07 Å². The monoisotopic (exact) mass is 292 g/mol. The smallest absolute Gasteiger partial charge is 0.247 e. The van der Waals surface area contributed by atoms with Crippen LogP contribution in [0.1, 0.15) is 29.6 Å². The summed E-state index contributed by atoms with van der Waals surface area (Å²) >= 11 is 0. The molecule has 0 radical (unpaired) electrons. The van der Waals surface area contributed by atoms with E-state index in [0.717, 1.165) is 31.4 Å². The van der Waals surface area contributed by atoms with Crippen molar-refractivity contribution < 1.29 is 18.4 Å². The molecule has 0 unspecified atom stereocenters. The first kappa shape index (κ1) is 15.1. The summed E-state index contributed by atoms with van der Waals surface area (Å²) in [5, 5.41) is 9.09. The molecular formula is C15H14F2N2O2. The Morgan fingerprint density at radius 3 is 2.19 bits per heavy atom. The SMILES string of the molecule is N#C[C@@H](C(=O)c1cc(F)cc(F)c1)C(=O)N1CCCCC1.